The molecule has 0 saturated heterocycles. The zero-order chi connectivity index (χ0) is 22.6. The Morgan fingerprint density at radius 3 is 1.77 bits per heavy atom. The van der Waals surface area contributed by atoms with Crippen LogP contribution >= 0.6 is 0 Å². The molecule has 0 radical (unpaired) electrons. The molecule has 5 nitrogen and oxygen atoms in total. The summed E-state index contributed by atoms with van der Waals surface area (Å²) in [7, 11) is 3.37. The average molecular weight is 496 g/mol. The van der Waals surface area contributed by atoms with Gasteiger partial charge in [-0.15, -0.1) is 0 Å². The van der Waals surface area contributed by atoms with Crippen LogP contribution in [0.15, 0.2) is 48.5 Å². The van der Waals surface area contributed by atoms with Crippen LogP contribution in [0.5, 0.6) is 11.5 Å². The first kappa shape index (κ1) is 25.7. The molecule has 0 aliphatic carbocycles. The summed E-state index contributed by atoms with van der Waals surface area (Å²) in [4.78, 5) is 0. The van der Waals surface area contributed by atoms with E-state index >= 15 is 0 Å². The van der Waals surface area contributed by atoms with Crippen molar-refractivity contribution in [2.75, 3.05) is 27.4 Å². The van der Waals surface area contributed by atoms with Gasteiger partial charge in [0.15, 0.2) is 0 Å². The summed E-state index contributed by atoms with van der Waals surface area (Å²) < 4.78 is 30.3. The van der Waals surface area contributed by atoms with Crippen LogP contribution in [0.3, 0.4) is 0 Å². The van der Waals surface area contributed by atoms with Crippen LogP contribution in [0.1, 0.15) is 39.4 Å². The summed E-state index contributed by atoms with van der Waals surface area (Å²) in [6.07, 6.45) is 0.0626. The molecule has 0 heterocycles. The van der Waals surface area contributed by atoms with Crippen molar-refractivity contribution in [2.24, 2.45) is 0 Å². The van der Waals surface area contributed by atoms with Crippen LogP contribution in [-0.2, 0) is 14.2 Å². The maximum absolute atomic E-state index is 6.27. The Hall–Kier alpha value is -1.56. The first-order valence-electron chi connectivity index (χ1n) is 10.7. The summed E-state index contributed by atoms with van der Waals surface area (Å²) in [6, 6.07) is 16.4. The van der Waals surface area contributed by atoms with E-state index in [1.165, 1.54) is 5.56 Å². The van der Waals surface area contributed by atoms with Crippen molar-refractivity contribution in [3.63, 3.8) is 0 Å². The molecule has 2 aromatic rings. The van der Waals surface area contributed by atoms with Crippen molar-refractivity contribution in [1.29, 1.82) is 0 Å². The summed E-state index contributed by atoms with van der Waals surface area (Å²) in [5.74, 6) is 1.70. The van der Waals surface area contributed by atoms with Crippen LogP contribution < -0.4 is 13.9 Å². The standard InChI is InChI=1S/C25H36O5Se/c1-18(2)28-24(21-11-8-7-9-12-21)17-31-25-22(29-19(3)15-26-5)13-10-14-23(25)30-20(4)16-27-6/h7-14,18-20,24H,15-17H2,1-6H3/t19-,20-,24?/m1/s1. The molecule has 0 saturated carbocycles. The summed E-state index contributed by atoms with van der Waals surface area (Å²) >= 11 is 0.0703. The third-order valence-corrected chi connectivity index (χ3v) is 6.82. The van der Waals surface area contributed by atoms with Gasteiger partial charge in [-0.2, -0.15) is 0 Å². The quantitative estimate of drug-likeness (QED) is 0.363. The van der Waals surface area contributed by atoms with Gasteiger partial charge in [-0.05, 0) is 0 Å². The Kier molecular flexibility index (Phi) is 11.4. The molecule has 0 aromatic heterocycles. The van der Waals surface area contributed by atoms with E-state index in [1.807, 2.05) is 38.1 Å². The van der Waals surface area contributed by atoms with Gasteiger partial charge in [-0.1, -0.05) is 0 Å². The molecule has 172 valence electrons. The van der Waals surface area contributed by atoms with E-state index in [9.17, 15) is 0 Å². The first-order valence-corrected chi connectivity index (χ1v) is 12.8. The molecule has 2 aromatic carbocycles. The first-order chi connectivity index (χ1) is 14.9. The molecule has 6 heteroatoms. The fourth-order valence-corrected chi connectivity index (χ4v) is 5.48. The molecule has 0 spiro atoms. The fraction of sp³-hybridized carbons (Fsp3) is 0.520. The van der Waals surface area contributed by atoms with Crippen molar-refractivity contribution >= 4 is 19.4 Å². The third kappa shape index (κ3) is 8.83. The van der Waals surface area contributed by atoms with Gasteiger partial charge in [0, 0.05) is 0 Å². The number of methoxy groups -OCH3 is 2. The van der Waals surface area contributed by atoms with Crippen LogP contribution in [0.2, 0.25) is 5.32 Å². The van der Waals surface area contributed by atoms with Gasteiger partial charge >= 0.3 is 194 Å². The number of benzene rings is 2. The summed E-state index contributed by atoms with van der Waals surface area (Å²) in [5.41, 5.74) is 1.19. The Labute approximate surface area is 193 Å². The predicted molar refractivity (Wildman–Crippen MR) is 126 cm³/mol. The molecule has 0 aliphatic heterocycles. The van der Waals surface area contributed by atoms with Gasteiger partial charge in [-0.25, -0.2) is 0 Å². The zero-order valence-electron chi connectivity index (χ0n) is 19.5. The van der Waals surface area contributed by atoms with Crippen molar-refractivity contribution in [1.82, 2.24) is 0 Å². The SMILES string of the molecule is COC[C@@H](C)Oc1cccc(O[C@H](C)COC)c1[Se]CC(OC(C)C)c1ccccc1. The number of hydrogen-bond acceptors (Lipinski definition) is 5. The van der Waals surface area contributed by atoms with E-state index in [1.54, 1.807) is 14.2 Å². The number of rotatable bonds is 14. The van der Waals surface area contributed by atoms with Crippen LogP contribution in [0, 0.1) is 0 Å². The van der Waals surface area contributed by atoms with E-state index < -0.39 is 0 Å². The van der Waals surface area contributed by atoms with E-state index in [0.29, 0.717) is 13.2 Å². The van der Waals surface area contributed by atoms with E-state index in [0.717, 1.165) is 21.3 Å². The Bertz CT molecular complexity index is 721. The second kappa shape index (κ2) is 13.8. The summed E-state index contributed by atoms with van der Waals surface area (Å²) in [6.45, 7) is 9.23. The Morgan fingerprint density at radius 1 is 0.742 bits per heavy atom. The predicted octanol–water partition coefficient (Wildman–Crippen LogP) is 4.43. The average Bonchev–Trinajstić information content (AvgIpc) is 2.73. The molecular weight excluding hydrogens is 459 g/mol. The van der Waals surface area contributed by atoms with Gasteiger partial charge in [0.2, 0.25) is 0 Å². The normalized spacial score (nSPS) is 14.3. The molecular formula is C25H36O5Se. The van der Waals surface area contributed by atoms with Crippen molar-refractivity contribution in [3.8, 4) is 11.5 Å². The molecule has 0 amide bonds. The van der Waals surface area contributed by atoms with Gasteiger partial charge in [0.1, 0.15) is 0 Å². The molecule has 0 bridgehead atoms. The molecule has 2 rings (SSSR count). The van der Waals surface area contributed by atoms with E-state index in [-0.39, 0.29) is 39.4 Å². The Balaban J connectivity index is 2.28. The fourth-order valence-electron chi connectivity index (χ4n) is 3.16. The van der Waals surface area contributed by atoms with Crippen LogP contribution in [-0.4, -0.2) is 60.7 Å². The molecule has 1 unspecified atom stereocenters. The topological polar surface area (TPSA) is 46.2 Å². The molecule has 0 N–H and O–H groups in total. The maximum atomic E-state index is 6.27. The summed E-state index contributed by atoms with van der Waals surface area (Å²) in [5, 5.41) is 0.878. The Morgan fingerprint density at radius 2 is 1.29 bits per heavy atom. The van der Waals surface area contributed by atoms with Crippen molar-refractivity contribution in [2.45, 2.75) is 57.4 Å². The van der Waals surface area contributed by atoms with Gasteiger partial charge in [0.25, 0.3) is 0 Å². The van der Waals surface area contributed by atoms with Gasteiger partial charge in [-0.3, -0.25) is 0 Å². The van der Waals surface area contributed by atoms with E-state index in [4.69, 9.17) is 23.7 Å². The molecule has 0 fully saturated rings. The second-order valence-corrected chi connectivity index (χ2v) is 9.91. The zero-order valence-corrected chi connectivity index (χ0v) is 21.2. The van der Waals surface area contributed by atoms with Gasteiger partial charge < -0.3 is 0 Å². The molecule has 3 atom stereocenters. The van der Waals surface area contributed by atoms with E-state index in [2.05, 4.69) is 38.1 Å². The van der Waals surface area contributed by atoms with Crippen LogP contribution in [0.25, 0.3) is 0 Å². The van der Waals surface area contributed by atoms with Gasteiger partial charge in [0.05, 0.1) is 0 Å². The number of hydrogen-bond donors (Lipinski definition) is 0. The third-order valence-electron chi connectivity index (χ3n) is 4.39. The van der Waals surface area contributed by atoms with Crippen molar-refractivity contribution < 1.29 is 23.7 Å². The molecule has 31 heavy (non-hydrogen) atoms. The minimum atomic E-state index is -0.0527. The minimum absolute atomic E-state index is 0.0231. The molecule has 0 aliphatic rings. The van der Waals surface area contributed by atoms with Crippen molar-refractivity contribution in [3.05, 3.63) is 54.1 Å². The monoisotopic (exact) mass is 496 g/mol. The number of ether oxygens (including phenoxy) is 5. The second-order valence-electron chi connectivity index (χ2n) is 7.75. The van der Waals surface area contributed by atoms with Crippen LogP contribution in [0.4, 0.5) is 0 Å².